The van der Waals surface area contributed by atoms with E-state index in [2.05, 4.69) is 20.5 Å². The molecular weight excluding hydrogens is 257 g/mol. The van der Waals surface area contributed by atoms with Crippen molar-refractivity contribution in [2.75, 3.05) is 5.32 Å². The lowest BCUT2D eigenvalue weighted by atomic mass is 10.3. The smallest absolute Gasteiger partial charge is 0.204 e. The number of aryl methyl sites for hydroxylation is 2. The van der Waals surface area contributed by atoms with E-state index >= 15 is 0 Å². The Hall–Kier alpha value is -2.37. The second-order valence-electron chi connectivity index (χ2n) is 4.69. The highest BCUT2D eigenvalue weighted by Crippen LogP contribution is 2.21. The lowest BCUT2D eigenvalue weighted by molar-refractivity contribution is 0.629. The fourth-order valence-corrected chi connectivity index (χ4v) is 2.29. The quantitative estimate of drug-likeness (QED) is 0.768. The molecule has 104 valence electrons. The van der Waals surface area contributed by atoms with Gasteiger partial charge in [-0.2, -0.15) is 5.10 Å². The number of nitrogens with zero attached hydrogens (tertiary/aromatic N) is 3. The van der Waals surface area contributed by atoms with E-state index in [4.69, 9.17) is 0 Å². The lowest BCUT2D eigenvalue weighted by Gasteiger charge is -2.08. The number of halogens is 1. The van der Waals surface area contributed by atoms with E-state index in [0.717, 1.165) is 29.3 Å². The van der Waals surface area contributed by atoms with E-state index in [1.165, 1.54) is 12.1 Å². The zero-order valence-electron chi connectivity index (χ0n) is 11.4. The molecule has 20 heavy (non-hydrogen) atoms. The Kier molecular flexibility index (Phi) is 3.14. The number of aromatic nitrogens is 4. The molecular formula is C14H16FN5. The van der Waals surface area contributed by atoms with Crippen LogP contribution in [0, 0.1) is 12.7 Å². The molecule has 0 aliphatic heterocycles. The molecule has 2 heterocycles. The standard InChI is InChI=1S/C14H16FN5/c1-3-20-13-5-4-11(15)6-12(13)18-14(20)16-7-10-8-17-19-9(10)2/h4-6,8H,3,7H2,1-2H3,(H,16,18)(H,17,19). The van der Waals surface area contributed by atoms with E-state index < -0.39 is 0 Å². The largest absolute Gasteiger partial charge is 0.351 e. The minimum Gasteiger partial charge on any atom is -0.351 e. The Morgan fingerprint density at radius 3 is 2.95 bits per heavy atom. The monoisotopic (exact) mass is 273 g/mol. The molecule has 3 rings (SSSR count). The van der Waals surface area contributed by atoms with Gasteiger partial charge in [0, 0.05) is 30.4 Å². The molecule has 0 aliphatic carbocycles. The second-order valence-corrected chi connectivity index (χ2v) is 4.69. The first kappa shape index (κ1) is 12.7. The molecule has 2 N–H and O–H groups in total. The number of anilines is 1. The molecule has 3 aromatic rings. The SMILES string of the molecule is CCn1c(NCc2cn[nH]c2C)nc2cc(F)ccc21. The zero-order valence-corrected chi connectivity index (χ0v) is 11.4. The van der Waals surface area contributed by atoms with Crippen molar-refractivity contribution in [1.29, 1.82) is 0 Å². The van der Waals surface area contributed by atoms with Gasteiger partial charge in [-0.1, -0.05) is 0 Å². The van der Waals surface area contributed by atoms with Crippen molar-refractivity contribution in [3.05, 3.63) is 41.5 Å². The molecule has 0 saturated heterocycles. The average molecular weight is 273 g/mol. The van der Waals surface area contributed by atoms with Crippen LogP contribution in [0.15, 0.2) is 24.4 Å². The van der Waals surface area contributed by atoms with Gasteiger partial charge in [-0.15, -0.1) is 0 Å². The Balaban J connectivity index is 1.92. The number of aromatic amines is 1. The predicted octanol–water partition coefficient (Wildman–Crippen LogP) is 2.84. The Morgan fingerprint density at radius 1 is 1.40 bits per heavy atom. The molecule has 0 fully saturated rings. The van der Waals surface area contributed by atoms with Crippen molar-refractivity contribution in [2.24, 2.45) is 0 Å². The Morgan fingerprint density at radius 2 is 2.25 bits per heavy atom. The molecule has 6 heteroatoms. The predicted molar refractivity (Wildman–Crippen MR) is 76.0 cm³/mol. The van der Waals surface area contributed by atoms with Crippen molar-refractivity contribution < 1.29 is 4.39 Å². The summed E-state index contributed by atoms with van der Waals surface area (Å²) in [6.07, 6.45) is 1.79. The molecule has 0 spiro atoms. The third kappa shape index (κ3) is 2.13. The summed E-state index contributed by atoms with van der Waals surface area (Å²) < 4.78 is 15.3. The summed E-state index contributed by atoms with van der Waals surface area (Å²) in [6, 6.07) is 4.67. The van der Waals surface area contributed by atoms with Crippen molar-refractivity contribution in [2.45, 2.75) is 26.9 Å². The first-order chi connectivity index (χ1) is 9.69. The highest BCUT2D eigenvalue weighted by molar-refractivity contribution is 5.78. The molecule has 1 aromatic carbocycles. The molecule has 0 bridgehead atoms. The second kappa shape index (κ2) is 4.96. The summed E-state index contributed by atoms with van der Waals surface area (Å²) in [4.78, 5) is 4.45. The summed E-state index contributed by atoms with van der Waals surface area (Å²) in [7, 11) is 0. The van der Waals surface area contributed by atoms with Crippen molar-refractivity contribution >= 4 is 17.0 Å². The minimum atomic E-state index is -0.268. The number of H-pyrrole nitrogens is 1. The number of imidazole rings is 1. The van der Waals surface area contributed by atoms with Crippen molar-refractivity contribution in [1.82, 2.24) is 19.7 Å². The molecule has 0 atom stereocenters. The van der Waals surface area contributed by atoms with Crippen LogP contribution in [0.1, 0.15) is 18.2 Å². The van der Waals surface area contributed by atoms with E-state index in [9.17, 15) is 4.39 Å². The summed E-state index contributed by atoms with van der Waals surface area (Å²) >= 11 is 0. The summed E-state index contributed by atoms with van der Waals surface area (Å²) in [5, 5.41) is 10.2. The van der Waals surface area contributed by atoms with Gasteiger partial charge >= 0.3 is 0 Å². The first-order valence-electron chi connectivity index (χ1n) is 6.57. The highest BCUT2D eigenvalue weighted by Gasteiger charge is 2.10. The van der Waals surface area contributed by atoms with Crippen LogP contribution in [0.5, 0.6) is 0 Å². The molecule has 2 aromatic heterocycles. The van der Waals surface area contributed by atoms with E-state index in [1.54, 1.807) is 12.3 Å². The summed E-state index contributed by atoms with van der Waals surface area (Å²) in [5.41, 5.74) is 3.71. The third-order valence-electron chi connectivity index (χ3n) is 3.40. The Labute approximate surface area is 115 Å². The molecule has 0 amide bonds. The third-order valence-corrected chi connectivity index (χ3v) is 3.40. The fourth-order valence-electron chi connectivity index (χ4n) is 2.29. The normalized spacial score (nSPS) is 11.2. The van der Waals surface area contributed by atoms with E-state index in [1.807, 2.05) is 18.4 Å². The topological polar surface area (TPSA) is 58.5 Å². The number of nitrogens with one attached hydrogen (secondary N) is 2. The van der Waals surface area contributed by atoms with Gasteiger partial charge in [0.25, 0.3) is 0 Å². The minimum absolute atomic E-state index is 0.268. The number of benzene rings is 1. The molecule has 5 nitrogen and oxygen atoms in total. The summed E-state index contributed by atoms with van der Waals surface area (Å²) in [6.45, 7) is 5.42. The number of rotatable bonds is 4. The van der Waals surface area contributed by atoms with Crippen LogP contribution in [0.2, 0.25) is 0 Å². The van der Waals surface area contributed by atoms with Crippen LogP contribution in [0.3, 0.4) is 0 Å². The van der Waals surface area contributed by atoms with Gasteiger partial charge in [-0.25, -0.2) is 9.37 Å². The van der Waals surface area contributed by atoms with Gasteiger partial charge in [0.05, 0.1) is 17.2 Å². The van der Waals surface area contributed by atoms with Gasteiger partial charge in [0.2, 0.25) is 5.95 Å². The van der Waals surface area contributed by atoms with Crippen LogP contribution in [-0.4, -0.2) is 19.7 Å². The molecule has 0 aliphatic rings. The van der Waals surface area contributed by atoms with Crippen LogP contribution in [0.25, 0.3) is 11.0 Å². The van der Waals surface area contributed by atoms with Crippen LogP contribution in [0.4, 0.5) is 10.3 Å². The number of hydrogen-bond donors (Lipinski definition) is 2. The van der Waals surface area contributed by atoms with Crippen LogP contribution < -0.4 is 5.32 Å². The van der Waals surface area contributed by atoms with Gasteiger partial charge in [-0.3, -0.25) is 5.10 Å². The maximum Gasteiger partial charge on any atom is 0.204 e. The van der Waals surface area contributed by atoms with Gasteiger partial charge < -0.3 is 9.88 Å². The van der Waals surface area contributed by atoms with E-state index in [-0.39, 0.29) is 5.82 Å². The van der Waals surface area contributed by atoms with E-state index in [0.29, 0.717) is 12.1 Å². The van der Waals surface area contributed by atoms with Crippen molar-refractivity contribution in [3.63, 3.8) is 0 Å². The van der Waals surface area contributed by atoms with Crippen LogP contribution in [-0.2, 0) is 13.1 Å². The maximum absolute atomic E-state index is 13.3. The lowest BCUT2D eigenvalue weighted by Crippen LogP contribution is -2.07. The van der Waals surface area contributed by atoms with Crippen LogP contribution >= 0.6 is 0 Å². The maximum atomic E-state index is 13.3. The average Bonchev–Trinajstić information content (AvgIpc) is 2.98. The zero-order chi connectivity index (χ0) is 14.1. The Bertz CT molecular complexity index is 743. The van der Waals surface area contributed by atoms with Gasteiger partial charge in [0.15, 0.2) is 0 Å². The number of fused-ring (bicyclic) bond motifs is 1. The van der Waals surface area contributed by atoms with Gasteiger partial charge in [0.1, 0.15) is 5.82 Å². The molecule has 0 saturated carbocycles. The van der Waals surface area contributed by atoms with Crippen molar-refractivity contribution in [3.8, 4) is 0 Å². The molecule has 0 radical (unpaired) electrons. The molecule has 0 unspecified atom stereocenters. The summed E-state index contributed by atoms with van der Waals surface area (Å²) in [5.74, 6) is 0.476. The first-order valence-corrected chi connectivity index (χ1v) is 6.57. The fraction of sp³-hybridized carbons (Fsp3) is 0.286. The number of hydrogen-bond acceptors (Lipinski definition) is 3. The van der Waals surface area contributed by atoms with Gasteiger partial charge in [-0.05, 0) is 26.0 Å². The highest BCUT2D eigenvalue weighted by atomic mass is 19.1.